The van der Waals surface area contributed by atoms with Gasteiger partial charge in [-0.15, -0.1) is 0 Å². The largest absolute Gasteiger partial charge is 0.356 e. The highest BCUT2D eigenvalue weighted by molar-refractivity contribution is 5.57. The molecule has 0 saturated heterocycles. The summed E-state index contributed by atoms with van der Waals surface area (Å²) in [7, 11) is 0. The molecule has 2 bridgehead atoms. The van der Waals surface area contributed by atoms with E-state index in [1.165, 1.54) is 29.5 Å². The molecule has 2 aromatic heterocycles. The van der Waals surface area contributed by atoms with Crippen LogP contribution in [-0.4, -0.2) is 14.3 Å². The lowest BCUT2D eigenvalue weighted by Crippen LogP contribution is -2.47. The van der Waals surface area contributed by atoms with Crippen LogP contribution in [0.1, 0.15) is 37.4 Å². The number of hydrogen-bond acceptors (Lipinski definition) is 4. The lowest BCUT2D eigenvalue weighted by molar-refractivity contribution is 0.0541. The maximum Gasteiger partial charge on any atom is 0.316 e. The van der Waals surface area contributed by atoms with Crippen LogP contribution in [-0.2, 0) is 6.54 Å². The van der Waals surface area contributed by atoms with Crippen molar-refractivity contribution in [2.24, 2.45) is 11.8 Å². The van der Waals surface area contributed by atoms with Gasteiger partial charge < -0.3 is 13.7 Å². The minimum Gasteiger partial charge on any atom is -0.356 e. The zero-order valence-corrected chi connectivity index (χ0v) is 15.3. The van der Waals surface area contributed by atoms with Gasteiger partial charge in [-0.3, -0.25) is 9.59 Å². The summed E-state index contributed by atoms with van der Waals surface area (Å²) >= 11 is 0. The SMILES string of the molecule is O=c1c(=O)n([C@@H]2CCC3CC2C3)ccn1Cc1cc(-c2cccc(F)c2)on1. The normalized spacial score (nSPS) is 23.4. The summed E-state index contributed by atoms with van der Waals surface area (Å²) in [6.45, 7) is 0.129. The molecule has 0 amide bonds. The van der Waals surface area contributed by atoms with Crippen LogP contribution in [0.5, 0.6) is 0 Å². The Morgan fingerprint density at radius 2 is 1.96 bits per heavy atom. The minimum atomic E-state index is -0.556. The van der Waals surface area contributed by atoms with Crippen molar-refractivity contribution in [2.75, 3.05) is 0 Å². The van der Waals surface area contributed by atoms with Crippen LogP contribution in [0, 0.1) is 17.7 Å². The van der Waals surface area contributed by atoms with Crippen molar-refractivity contribution < 1.29 is 8.91 Å². The maximum atomic E-state index is 13.4. The van der Waals surface area contributed by atoms with Gasteiger partial charge >= 0.3 is 11.1 Å². The number of aromatic nitrogens is 3. The third-order valence-corrected chi connectivity index (χ3v) is 6.13. The van der Waals surface area contributed by atoms with Crippen molar-refractivity contribution in [1.29, 1.82) is 0 Å². The molecule has 3 aliphatic rings. The molecule has 3 aliphatic carbocycles. The van der Waals surface area contributed by atoms with Gasteiger partial charge in [0.2, 0.25) is 0 Å². The Kier molecular flexibility index (Phi) is 4.03. The van der Waals surface area contributed by atoms with E-state index in [0.29, 0.717) is 22.9 Å². The van der Waals surface area contributed by atoms with E-state index in [1.807, 2.05) is 0 Å². The first-order valence-corrected chi connectivity index (χ1v) is 9.61. The standard InChI is InChI=1S/C21H20FN3O3/c22-16-3-1-2-14(10-16)19-11-17(23-28-19)12-24-6-7-25(21(27)20(24)26)18-5-4-13-8-15(18)9-13/h1-3,6-7,10-11,13,15,18H,4-5,8-9,12H2/t13?,15?,18-/m1/s1. The molecular formula is C21H20FN3O3. The molecule has 0 radical (unpaired) electrons. The highest BCUT2D eigenvalue weighted by atomic mass is 19.1. The zero-order valence-electron chi connectivity index (χ0n) is 15.3. The van der Waals surface area contributed by atoms with Gasteiger partial charge in [0, 0.05) is 30.1 Å². The van der Waals surface area contributed by atoms with Crippen molar-refractivity contribution in [3.8, 4) is 11.3 Å². The van der Waals surface area contributed by atoms with E-state index in [2.05, 4.69) is 5.16 Å². The number of halogens is 1. The molecule has 144 valence electrons. The second-order valence-corrected chi connectivity index (χ2v) is 7.88. The molecule has 0 spiro atoms. The summed E-state index contributed by atoms with van der Waals surface area (Å²) in [6, 6.07) is 7.81. The number of nitrogens with zero attached hydrogens (tertiary/aromatic N) is 3. The second kappa shape index (κ2) is 6.58. The van der Waals surface area contributed by atoms with Crippen LogP contribution >= 0.6 is 0 Å². The fourth-order valence-corrected chi connectivity index (χ4v) is 4.59. The Hall–Kier alpha value is -2.96. The number of fused-ring (bicyclic) bond motifs is 2. The van der Waals surface area contributed by atoms with Gasteiger partial charge in [-0.25, -0.2) is 4.39 Å². The topological polar surface area (TPSA) is 70.0 Å². The molecule has 1 aromatic carbocycles. The van der Waals surface area contributed by atoms with Gasteiger partial charge in [0.1, 0.15) is 11.5 Å². The second-order valence-electron chi connectivity index (χ2n) is 7.88. The maximum absolute atomic E-state index is 13.4. The van der Waals surface area contributed by atoms with Crippen LogP contribution in [0.25, 0.3) is 11.3 Å². The summed E-state index contributed by atoms with van der Waals surface area (Å²) in [5.74, 6) is 1.39. The van der Waals surface area contributed by atoms with E-state index in [0.717, 1.165) is 18.8 Å². The average molecular weight is 381 g/mol. The van der Waals surface area contributed by atoms with Crippen molar-refractivity contribution >= 4 is 0 Å². The van der Waals surface area contributed by atoms with Crippen LogP contribution in [0.2, 0.25) is 0 Å². The molecule has 0 aliphatic heterocycles. The number of rotatable bonds is 4. The summed E-state index contributed by atoms with van der Waals surface area (Å²) < 4.78 is 21.6. The van der Waals surface area contributed by atoms with E-state index in [-0.39, 0.29) is 18.4 Å². The van der Waals surface area contributed by atoms with Gasteiger partial charge in [0.25, 0.3) is 0 Å². The van der Waals surface area contributed by atoms with Gasteiger partial charge in [0.05, 0.1) is 6.54 Å². The first-order valence-electron chi connectivity index (χ1n) is 9.61. The molecule has 3 fully saturated rings. The molecule has 7 heteroatoms. The van der Waals surface area contributed by atoms with Gasteiger partial charge in [0.15, 0.2) is 5.76 Å². The predicted octanol–water partition coefficient (Wildman–Crippen LogP) is 3.21. The summed E-state index contributed by atoms with van der Waals surface area (Å²) in [6.07, 6.45) is 7.81. The quantitative estimate of drug-likeness (QED) is 0.651. The van der Waals surface area contributed by atoms with E-state index in [9.17, 15) is 14.0 Å². The van der Waals surface area contributed by atoms with E-state index in [1.54, 1.807) is 35.2 Å². The van der Waals surface area contributed by atoms with Crippen LogP contribution < -0.4 is 11.1 Å². The number of benzene rings is 1. The fraction of sp³-hybridized carbons (Fsp3) is 0.381. The Balaban J connectivity index is 1.40. The van der Waals surface area contributed by atoms with Gasteiger partial charge in [-0.05, 0) is 49.7 Å². The first-order chi connectivity index (χ1) is 13.6. The lowest BCUT2D eigenvalue weighted by Gasteiger charge is -2.47. The zero-order chi connectivity index (χ0) is 19.3. The van der Waals surface area contributed by atoms with Crippen molar-refractivity contribution in [1.82, 2.24) is 14.3 Å². The smallest absolute Gasteiger partial charge is 0.316 e. The highest BCUT2D eigenvalue weighted by Crippen LogP contribution is 2.50. The molecule has 3 saturated carbocycles. The van der Waals surface area contributed by atoms with E-state index < -0.39 is 11.1 Å². The van der Waals surface area contributed by atoms with Gasteiger partial charge in [-0.2, -0.15) is 0 Å². The van der Waals surface area contributed by atoms with Crippen LogP contribution in [0.4, 0.5) is 4.39 Å². The van der Waals surface area contributed by atoms with Gasteiger partial charge in [-0.1, -0.05) is 17.3 Å². The molecule has 0 N–H and O–H groups in total. The third-order valence-electron chi connectivity index (χ3n) is 6.13. The van der Waals surface area contributed by atoms with Crippen molar-refractivity contribution in [2.45, 2.75) is 38.3 Å². The molecule has 0 unspecified atom stereocenters. The molecule has 6 nitrogen and oxygen atoms in total. The highest BCUT2D eigenvalue weighted by Gasteiger charge is 2.41. The number of hydrogen-bond donors (Lipinski definition) is 0. The minimum absolute atomic E-state index is 0.129. The Labute approximate surface area is 160 Å². The average Bonchev–Trinajstić information content (AvgIpc) is 3.14. The Morgan fingerprint density at radius 3 is 2.71 bits per heavy atom. The van der Waals surface area contributed by atoms with Crippen LogP contribution in [0.3, 0.4) is 0 Å². The molecule has 3 aromatic rings. The predicted molar refractivity (Wildman–Crippen MR) is 100 cm³/mol. The van der Waals surface area contributed by atoms with E-state index >= 15 is 0 Å². The fourth-order valence-electron chi connectivity index (χ4n) is 4.59. The summed E-state index contributed by atoms with van der Waals surface area (Å²) in [4.78, 5) is 25.2. The molecule has 1 atom stereocenters. The Bertz CT molecular complexity index is 1140. The van der Waals surface area contributed by atoms with Crippen molar-refractivity contribution in [3.05, 3.63) is 74.9 Å². The third kappa shape index (κ3) is 2.91. The molecule has 2 heterocycles. The molecule has 28 heavy (non-hydrogen) atoms. The molecule has 6 rings (SSSR count). The Morgan fingerprint density at radius 1 is 1.11 bits per heavy atom. The molecular weight excluding hydrogens is 361 g/mol. The van der Waals surface area contributed by atoms with Crippen molar-refractivity contribution in [3.63, 3.8) is 0 Å². The summed E-state index contributed by atoms with van der Waals surface area (Å²) in [5, 5.41) is 3.95. The first kappa shape index (κ1) is 17.2. The van der Waals surface area contributed by atoms with E-state index in [4.69, 9.17) is 4.52 Å². The lowest BCUT2D eigenvalue weighted by atomic mass is 9.63. The van der Waals surface area contributed by atoms with Crippen LogP contribution in [0.15, 0.2) is 56.8 Å². The summed E-state index contributed by atoms with van der Waals surface area (Å²) in [5.41, 5.74) is 0.0292. The monoisotopic (exact) mass is 381 g/mol.